The van der Waals surface area contributed by atoms with E-state index in [2.05, 4.69) is 60.5 Å². The van der Waals surface area contributed by atoms with Gasteiger partial charge in [-0.1, -0.05) is 23.4 Å². The van der Waals surface area contributed by atoms with Crippen molar-refractivity contribution in [3.63, 3.8) is 0 Å². The number of piperidine rings is 1. The molecule has 0 bridgehead atoms. The van der Waals surface area contributed by atoms with Crippen LogP contribution in [0.1, 0.15) is 35.8 Å². The molecule has 8 nitrogen and oxygen atoms in total. The lowest BCUT2D eigenvalue weighted by Gasteiger charge is -2.31. The molecule has 1 aliphatic heterocycles. The summed E-state index contributed by atoms with van der Waals surface area (Å²) in [6.07, 6.45) is 2.01. The van der Waals surface area contributed by atoms with E-state index < -0.39 is 0 Å². The molecule has 154 valence electrons. The smallest absolute Gasteiger partial charge is 0.165 e. The molecule has 0 radical (unpaired) electrons. The number of fused-ring (bicyclic) bond motifs is 1. The lowest BCUT2D eigenvalue weighted by atomic mass is 10.0. The number of hydrogen-bond donors (Lipinski definition) is 0. The molecule has 3 heterocycles. The highest BCUT2D eigenvalue weighted by Crippen LogP contribution is 2.26. The average molecular weight is 406 g/mol. The van der Waals surface area contributed by atoms with Gasteiger partial charge in [-0.25, -0.2) is 13.8 Å². The van der Waals surface area contributed by atoms with Crippen molar-refractivity contribution in [1.82, 2.24) is 40.1 Å². The number of aromatic nitrogens is 7. The second-order valence-corrected chi connectivity index (χ2v) is 7.91. The monoisotopic (exact) mass is 406 g/mol. The van der Waals surface area contributed by atoms with Crippen LogP contribution in [-0.4, -0.2) is 53.2 Å². The third-order valence-corrected chi connectivity index (χ3v) is 5.75. The van der Waals surface area contributed by atoms with Crippen LogP contribution in [0.3, 0.4) is 0 Å². The fraction of sp³-hybridized carbons (Fsp3) is 0.381. The van der Waals surface area contributed by atoms with Gasteiger partial charge < -0.3 is 0 Å². The number of benzene rings is 2. The third kappa shape index (κ3) is 3.80. The molecule has 0 N–H and O–H groups in total. The Morgan fingerprint density at radius 3 is 2.57 bits per heavy atom. The molecule has 1 saturated heterocycles. The second kappa shape index (κ2) is 7.91. The summed E-state index contributed by atoms with van der Waals surface area (Å²) >= 11 is 0. The summed E-state index contributed by atoms with van der Waals surface area (Å²) in [6.45, 7) is 5.19. The van der Waals surface area contributed by atoms with Crippen LogP contribution in [0.15, 0.2) is 42.5 Å². The minimum absolute atomic E-state index is 0.242. The van der Waals surface area contributed by atoms with E-state index in [0.29, 0.717) is 19.1 Å². The van der Waals surface area contributed by atoms with Crippen LogP contribution in [0.25, 0.3) is 11.0 Å². The predicted molar refractivity (Wildman–Crippen MR) is 109 cm³/mol. The minimum atomic E-state index is -0.242. The van der Waals surface area contributed by atoms with E-state index in [0.717, 1.165) is 48.4 Å². The van der Waals surface area contributed by atoms with Crippen LogP contribution in [0.5, 0.6) is 0 Å². The molecule has 5 rings (SSSR count). The van der Waals surface area contributed by atoms with Crippen molar-refractivity contribution in [2.45, 2.75) is 38.9 Å². The van der Waals surface area contributed by atoms with Crippen molar-refractivity contribution in [1.29, 1.82) is 0 Å². The highest BCUT2D eigenvalue weighted by atomic mass is 19.1. The molecule has 2 aromatic heterocycles. The Bertz CT molecular complexity index is 1140. The molecular weight excluding hydrogens is 383 g/mol. The van der Waals surface area contributed by atoms with Gasteiger partial charge >= 0.3 is 0 Å². The van der Waals surface area contributed by atoms with E-state index in [1.165, 1.54) is 17.7 Å². The Morgan fingerprint density at radius 1 is 0.967 bits per heavy atom. The SMILES string of the molecule is Cc1ccc2c(c1)nnn2C1CCN(Cc2nnnn2Cc2ccc(F)cc2)CC1. The number of tetrazole rings is 1. The van der Waals surface area contributed by atoms with Gasteiger partial charge in [-0.15, -0.1) is 10.2 Å². The first-order valence-electron chi connectivity index (χ1n) is 10.2. The molecule has 0 saturated carbocycles. The highest BCUT2D eigenvalue weighted by Gasteiger charge is 2.24. The minimum Gasteiger partial charge on any atom is -0.296 e. The average Bonchev–Trinajstić information content (AvgIpc) is 3.37. The van der Waals surface area contributed by atoms with Crippen molar-refractivity contribution in [3.05, 3.63) is 65.2 Å². The van der Waals surface area contributed by atoms with Gasteiger partial charge in [0.05, 0.1) is 24.6 Å². The number of likely N-dealkylation sites (tertiary alicyclic amines) is 1. The van der Waals surface area contributed by atoms with Gasteiger partial charge in [-0.2, -0.15) is 0 Å². The fourth-order valence-electron chi connectivity index (χ4n) is 4.07. The van der Waals surface area contributed by atoms with Gasteiger partial charge in [-0.3, -0.25) is 4.90 Å². The topological polar surface area (TPSA) is 77.6 Å². The molecule has 1 fully saturated rings. The standard InChI is InChI=1S/C21H23FN8/c1-15-2-7-20-19(12-15)23-26-30(20)18-8-10-28(11-9-18)14-21-24-25-27-29(21)13-16-3-5-17(22)6-4-16/h2-7,12,18H,8-11,13-14H2,1H3. The van der Waals surface area contributed by atoms with Crippen molar-refractivity contribution >= 4 is 11.0 Å². The lowest BCUT2D eigenvalue weighted by molar-refractivity contribution is 0.169. The maximum absolute atomic E-state index is 13.1. The number of nitrogens with zero attached hydrogens (tertiary/aromatic N) is 8. The molecule has 2 aromatic carbocycles. The van der Waals surface area contributed by atoms with Crippen LogP contribution in [0.2, 0.25) is 0 Å². The van der Waals surface area contributed by atoms with Crippen molar-refractivity contribution in [2.24, 2.45) is 0 Å². The van der Waals surface area contributed by atoms with Crippen LogP contribution in [-0.2, 0) is 13.1 Å². The Morgan fingerprint density at radius 2 is 1.77 bits per heavy atom. The summed E-state index contributed by atoms with van der Waals surface area (Å²) in [5.41, 5.74) is 4.22. The first kappa shape index (κ1) is 18.8. The molecule has 0 unspecified atom stereocenters. The Balaban J connectivity index is 1.22. The van der Waals surface area contributed by atoms with Crippen LogP contribution >= 0.6 is 0 Å². The molecule has 0 aliphatic carbocycles. The zero-order chi connectivity index (χ0) is 20.5. The largest absolute Gasteiger partial charge is 0.296 e. The molecule has 0 atom stereocenters. The van der Waals surface area contributed by atoms with Crippen LogP contribution in [0.4, 0.5) is 4.39 Å². The number of hydrogen-bond acceptors (Lipinski definition) is 6. The molecule has 0 spiro atoms. The number of rotatable bonds is 5. The van der Waals surface area contributed by atoms with E-state index in [1.54, 1.807) is 16.8 Å². The molecule has 1 aliphatic rings. The Labute approximate surface area is 173 Å². The van der Waals surface area contributed by atoms with Crippen LogP contribution < -0.4 is 0 Å². The van der Waals surface area contributed by atoms with Gasteiger partial charge in [-0.05, 0) is 65.6 Å². The zero-order valence-electron chi connectivity index (χ0n) is 16.8. The zero-order valence-corrected chi connectivity index (χ0v) is 16.8. The first-order valence-corrected chi connectivity index (χ1v) is 10.2. The van der Waals surface area contributed by atoms with Crippen molar-refractivity contribution in [3.8, 4) is 0 Å². The maximum atomic E-state index is 13.1. The van der Waals surface area contributed by atoms with Crippen LogP contribution in [0, 0.1) is 12.7 Å². The van der Waals surface area contributed by atoms with E-state index in [4.69, 9.17) is 0 Å². The summed E-state index contributed by atoms with van der Waals surface area (Å²) in [5, 5.41) is 20.9. The summed E-state index contributed by atoms with van der Waals surface area (Å²) < 4.78 is 17.0. The normalized spacial score (nSPS) is 15.8. The quantitative estimate of drug-likeness (QED) is 0.507. The second-order valence-electron chi connectivity index (χ2n) is 7.91. The summed E-state index contributed by atoms with van der Waals surface area (Å²) in [7, 11) is 0. The van der Waals surface area contributed by atoms with Gasteiger partial charge in [0, 0.05) is 13.1 Å². The lowest BCUT2D eigenvalue weighted by Crippen LogP contribution is -2.35. The molecule has 0 amide bonds. The van der Waals surface area contributed by atoms with E-state index in [1.807, 2.05) is 0 Å². The molecule has 4 aromatic rings. The first-order chi connectivity index (χ1) is 14.7. The number of halogens is 1. The molecular formula is C21H23FN8. The predicted octanol–water partition coefficient (Wildman–Crippen LogP) is 2.75. The Kier molecular flexibility index (Phi) is 4.96. The van der Waals surface area contributed by atoms with Gasteiger partial charge in [0.1, 0.15) is 11.3 Å². The number of aryl methyl sites for hydroxylation is 1. The maximum Gasteiger partial charge on any atom is 0.165 e. The Hall–Kier alpha value is -3.20. The summed E-state index contributed by atoms with van der Waals surface area (Å²) in [4.78, 5) is 2.37. The van der Waals surface area contributed by atoms with E-state index in [9.17, 15) is 4.39 Å². The van der Waals surface area contributed by atoms with Gasteiger partial charge in [0.15, 0.2) is 5.82 Å². The summed E-state index contributed by atoms with van der Waals surface area (Å²) in [5.74, 6) is 0.577. The van der Waals surface area contributed by atoms with Crippen molar-refractivity contribution < 1.29 is 4.39 Å². The van der Waals surface area contributed by atoms with E-state index in [-0.39, 0.29) is 5.82 Å². The van der Waals surface area contributed by atoms with Gasteiger partial charge in [0.25, 0.3) is 0 Å². The molecule has 9 heteroatoms. The van der Waals surface area contributed by atoms with E-state index >= 15 is 0 Å². The third-order valence-electron chi connectivity index (χ3n) is 5.75. The summed E-state index contributed by atoms with van der Waals surface area (Å²) in [6, 6.07) is 13.1. The van der Waals surface area contributed by atoms with Crippen molar-refractivity contribution in [2.75, 3.05) is 13.1 Å². The highest BCUT2D eigenvalue weighted by molar-refractivity contribution is 5.75. The van der Waals surface area contributed by atoms with Gasteiger partial charge in [0.2, 0.25) is 0 Å². The molecule has 30 heavy (non-hydrogen) atoms. The fourth-order valence-corrected chi connectivity index (χ4v) is 4.07.